The van der Waals surface area contributed by atoms with Crippen LogP contribution in [0.4, 0.5) is 30.8 Å². The molecule has 1 heterocycles. The van der Waals surface area contributed by atoms with Crippen LogP contribution in [0, 0.1) is 0 Å². The number of rotatable bonds is 16. The highest BCUT2D eigenvalue weighted by molar-refractivity contribution is 6.35. The molecule has 1 fully saturated rings. The molecular formula is C35H34ClF3N8O8. The average Bonchev–Trinajstić information content (AvgIpc) is 3.94. The summed E-state index contributed by atoms with van der Waals surface area (Å²) in [4.78, 5) is 61.8. The van der Waals surface area contributed by atoms with Crippen LogP contribution in [0.25, 0.3) is 0 Å². The third-order valence-corrected chi connectivity index (χ3v) is 8.34. The summed E-state index contributed by atoms with van der Waals surface area (Å²) in [7, 11) is 2.90. The molecule has 3 aromatic carbocycles. The number of halogens is 4. The molecule has 0 radical (unpaired) electrons. The largest absolute Gasteiger partial charge is 0.497 e. The fraction of sp³-hybridized carbons (Fsp3) is 0.286. The molecule has 1 saturated carbocycles. The lowest BCUT2D eigenvalue weighted by Crippen LogP contribution is -2.50. The molecule has 0 saturated heterocycles. The van der Waals surface area contributed by atoms with Gasteiger partial charge in [0.1, 0.15) is 17.5 Å². The van der Waals surface area contributed by atoms with Crippen molar-refractivity contribution in [1.82, 2.24) is 30.9 Å². The van der Waals surface area contributed by atoms with Crippen LogP contribution in [-0.2, 0) is 26.5 Å². The monoisotopic (exact) mass is 786 g/mol. The number of methoxy groups -OCH3 is 2. The van der Waals surface area contributed by atoms with Crippen LogP contribution in [0.1, 0.15) is 34.3 Å². The van der Waals surface area contributed by atoms with Crippen molar-refractivity contribution in [2.75, 3.05) is 38.0 Å². The molecule has 0 aliphatic heterocycles. The Hall–Kier alpha value is -6.37. The van der Waals surface area contributed by atoms with E-state index in [2.05, 4.69) is 41.5 Å². The van der Waals surface area contributed by atoms with Crippen LogP contribution in [0.3, 0.4) is 0 Å². The molecular weight excluding hydrogens is 753 g/mol. The molecule has 16 nitrogen and oxygen atoms in total. The van der Waals surface area contributed by atoms with Gasteiger partial charge in [0.15, 0.2) is 6.61 Å². The number of carboxylic acids is 1. The molecule has 1 aliphatic carbocycles. The number of aliphatic carboxylic acids is 1. The van der Waals surface area contributed by atoms with Gasteiger partial charge in [0.2, 0.25) is 11.9 Å². The highest BCUT2D eigenvalue weighted by Crippen LogP contribution is 2.48. The van der Waals surface area contributed by atoms with E-state index in [1.807, 2.05) is 12.1 Å². The van der Waals surface area contributed by atoms with Crippen LogP contribution >= 0.6 is 11.6 Å². The first-order valence-electron chi connectivity index (χ1n) is 16.3. The maximum absolute atomic E-state index is 12.9. The van der Waals surface area contributed by atoms with Gasteiger partial charge in [-0.1, -0.05) is 23.7 Å². The lowest BCUT2D eigenvalue weighted by molar-refractivity contribution is -0.154. The molecule has 1 aromatic heterocycles. The summed E-state index contributed by atoms with van der Waals surface area (Å²) in [5, 5.41) is 23.1. The number of carbonyl (C=O) groups is 4. The molecule has 0 unspecified atom stereocenters. The Balaban J connectivity index is 1.19. The van der Waals surface area contributed by atoms with Crippen molar-refractivity contribution in [2.45, 2.75) is 37.1 Å². The molecule has 55 heavy (non-hydrogen) atoms. The minimum absolute atomic E-state index is 0.0140. The first-order valence-corrected chi connectivity index (χ1v) is 16.7. The second kappa shape index (κ2) is 17.2. The Morgan fingerprint density at radius 1 is 0.891 bits per heavy atom. The molecule has 6 N–H and O–H groups in total. The number of hydrogen-bond donors (Lipinski definition) is 6. The van der Waals surface area contributed by atoms with Gasteiger partial charge in [0.25, 0.3) is 5.91 Å². The number of hydrogen-bond acceptors (Lipinski definition) is 12. The lowest BCUT2D eigenvalue weighted by Gasteiger charge is -2.19. The zero-order valence-corrected chi connectivity index (χ0v) is 29.9. The number of carbonyl (C=O) groups excluding carboxylic acids is 3. The van der Waals surface area contributed by atoms with Crippen LogP contribution in [0.15, 0.2) is 66.7 Å². The molecule has 290 valence electrons. The summed E-state index contributed by atoms with van der Waals surface area (Å²) in [6.45, 7) is -2.34. The van der Waals surface area contributed by atoms with Crippen molar-refractivity contribution in [3.63, 3.8) is 0 Å². The van der Waals surface area contributed by atoms with E-state index in [0.717, 1.165) is 5.56 Å². The molecule has 1 atom stereocenters. The standard InChI is InChI=1S/C35H34ClF3N8O8/c1-53-24-12-5-20(26(15-24)54-2)16-40-28(49)29(50)41-17-25(30(51)52)43-27(48)19-3-10-23(11-4-19)42-31-44-32(46-33(45-31)55-18-35(37,38)39)47-34(13-14-34)21-6-8-22(36)9-7-21/h3-12,15,25H,13-14,16-18H2,1-2H3,(H,40,49)(H,41,50)(H,43,48)(H,51,52)(H2,42,44,45,46,47)/t25-/m0/s1. The topological polar surface area (TPSA) is 215 Å². The zero-order valence-electron chi connectivity index (χ0n) is 29.1. The Morgan fingerprint density at radius 2 is 1.56 bits per heavy atom. The first-order chi connectivity index (χ1) is 26.2. The maximum Gasteiger partial charge on any atom is 0.422 e. The van der Waals surface area contributed by atoms with Crippen LogP contribution in [0.5, 0.6) is 17.5 Å². The Morgan fingerprint density at radius 3 is 2.18 bits per heavy atom. The van der Waals surface area contributed by atoms with Gasteiger partial charge in [-0.05, 0) is 66.9 Å². The van der Waals surface area contributed by atoms with Crippen LogP contribution in [-0.4, -0.2) is 83.3 Å². The third-order valence-electron chi connectivity index (χ3n) is 8.09. The van der Waals surface area contributed by atoms with E-state index in [0.29, 0.717) is 40.6 Å². The Bertz CT molecular complexity index is 2030. The number of alkyl halides is 3. The van der Waals surface area contributed by atoms with Crippen LogP contribution < -0.4 is 40.8 Å². The Kier molecular flexibility index (Phi) is 12.4. The molecule has 0 bridgehead atoms. The Labute approximate surface area is 316 Å². The van der Waals surface area contributed by atoms with Crippen molar-refractivity contribution in [3.05, 3.63) is 88.4 Å². The second-order valence-corrected chi connectivity index (χ2v) is 12.5. The average molecular weight is 787 g/mol. The fourth-order valence-electron chi connectivity index (χ4n) is 5.08. The molecule has 1 aliphatic rings. The third kappa shape index (κ3) is 11.1. The van der Waals surface area contributed by atoms with Gasteiger partial charge >= 0.3 is 30.0 Å². The van der Waals surface area contributed by atoms with Crippen molar-refractivity contribution >= 4 is 52.9 Å². The summed E-state index contributed by atoms with van der Waals surface area (Å²) in [6.07, 6.45) is -3.27. The van der Waals surface area contributed by atoms with Gasteiger partial charge in [-0.25, -0.2) is 4.79 Å². The number of amides is 3. The first kappa shape index (κ1) is 39.8. The molecule has 3 amide bonds. The highest BCUT2D eigenvalue weighted by Gasteiger charge is 2.45. The molecule has 20 heteroatoms. The number of benzene rings is 3. The highest BCUT2D eigenvalue weighted by atomic mass is 35.5. The number of nitrogens with one attached hydrogen (secondary N) is 5. The lowest BCUT2D eigenvalue weighted by atomic mass is 10.1. The quantitative estimate of drug-likeness (QED) is 0.0889. The normalized spacial score (nSPS) is 13.4. The van der Waals surface area contributed by atoms with E-state index in [1.54, 1.807) is 30.3 Å². The van der Waals surface area contributed by atoms with E-state index < -0.39 is 60.6 Å². The van der Waals surface area contributed by atoms with Crippen LogP contribution in [0.2, 0.25) is 5.02 Å². The van der Waals surface area contributed by atoms with Crippen molar-refractivity contribution in [3.8, 4) is 17.5 Å². The number of nitrogens with zero attached hydrogens (tertiary/aromatic N) is 3. The summed E-state index contributed by atoms with van der Waals surface area (Å²) in [5.41, 5.74) is 1.16. The van der Waals surface area contributed by atoms with Gasteiger partial charge in [-0.15, -0.1) is 0 Å². The van der Waals surface area contributed by atoms with E-state index in [1.165, 1.54) is 38.5 Å². The number of anilines is 3. The number of aromatic nitrogens is 3. The van der Waals surface area contributed by atoms with Crippen molar-refractivity contribution in [2.24, 2.45) is 0 Å². The fourth-order valence-corrected chi connectivity index (χ4v) is 5.20. The number of ether oxygens (including phenoxy) is 3. The summed E-state index contributed by atoms with van der Waals surface area (Å²) in [5.74, 6) is -3.79. The van der Waals surface area contributed by atoms with Gasteiger partial charge in [0.05, 0.1) is 19.8 Å². The summed E-state index contributed by atoms with van der Waals surface area (Å²) >= 11 is 6.02. The smallest absolute Gasteiger partial charge is 0.422 e. The number of carboxylic acid groups (broad SMARTS) is 1. The summed E-state index contributed by atoms with van der Waals surface area (Å²) in [6, 6.07) is 15.2. The maximum atomic E-state index is 12.9. The zero-order chi connectivity index (χ0) is 39.8. The van der Waals surface area contributed by atoms with E-state index in [-0.39, 0.29) is 24.0 Å². The van der Waals surface area contributed by atoms with Crippen molar-refractivity contribution in [1.29, 1.82) is 0 Å². The minimum Gasteiger partial charge on any atom is -0.497 e. The van der Waals surface area contributed by atoms with Gasteiger partial charge in [-0.2, -0.15) is 28.1 Å². The second-order valence-electron chi connectivity index (χ2n) is 12.0. The summed E-state index contributed by atoms with van der Waals surface area (Å²) < 4.78 is 54.0. The molecule has 0 spiro atoms. The minimum atomic E-state index is -4.65. The van der Waals surface area contributed by atoms with E-state index >= 15 is 0 Å². The predicted molar refractivity (Wildman–Crippen MR) is 190 cm³/mol. The van der Waals surface area contributed by atoms with E-state index in [9.17, 15) is 37.5 Å². The SMILES string of the molecule is COc1ccc(CNC(=O)C(=O)NC[C@H](NC(=O)c2ccc(Nc3nc(NC4(c5ccc(Cl)cc5)CC4)nc(OCC(F)(F)F)n3)cc2)C(=O)O)c(OC)c1. The van der Waals surface area contributed by atoms with Gasteiger partial charge in [-0.3, -0.25) is 14.4 Å². The van der Waals surface area contributed by atoms with Gasteiger partial charge < -0.3 is 45.9 Å². The predicted octanol–water partition coefficient (Wildman–Crippen LogP) is 3.94. The molecule has 5 rings (SSSR count). The van der Waals surface area contributed by atoms with Gasteiger partial charge in [0, 0.05) is 41.0 Å². The molecule has 4 aromatic rings. The van der Waals surface area contributed by atoms with E-state index in [4.69, 9.17) is 25.8 Å². The van der Waals surface area contributed by atoms with Crippen molar-refractivity contribution < 1.29 is 51.7 Å².